The minimum absolute atomic E-state index is 0.0272. The van der Waals surface area contributed by atoms with Gasteiger partial charge in [0.25, 0.3) is 0 Å². The number of rotatable bonds is 5. The van der Waals surface area contributed by atoms with Crippen molar-refractivity contribution in [2.45, 2.75) is 6.92 Å². The summed E-state index contributed by atoms with van der Waals surface area (Å²) in [5.74, 6) is -1.77. The second-order valence-electron chi connectivity index (χ2n) is 5.43. The zero-order valence-corrected chi connectivity index (χ0v) is 14.1. The van der Waals surface area contributed by atoms with Crippen LogP contribution in [0, 0.1) is 6.92 Å². The average Bonchev–Trinajstić information content (AvgIpc) is 2.53. The third-order valence-corrected chi connectivity index (χ3v) is 4.59. The monoisotopic (exact) mass is 357 g/mol. The first kappa shape index (κ1) is 16.8. The molecule has 3 rings (SSSR count). The summed E-state index contributed by atoms with van der Waals surface area (Å²) < 4.78 is 26.4. The van der Waals surface area contributed by atoms with Crippen molar-refractivity contribution in [2.24, 2.45) is 5.73 Å². The molecular weight excluding hydrogens is 342 g/mol. The van der Waals surface area contributed by atoms with Gasteiger partial charge in [-0.15, -0.1) is 0 Å². The van der Waals surface area contributed by atoms with E-state index in [4.69, 9.17) is 5.73 Å². The van der Waals surface area contributed by atoms with Crippen LogP contribution in [0.15, 0.2) is 42.7 Å². The first-order chi connectivity index (χ1) is 11.9. The van der Waals surface area contributed by atoms with Gasteiger partial charge in [-0.05, 0) is 30.7 Å². The highest BCUT2D eigenvalue weighted by Gasteiger charge is 2.18. The van der Waals surface area contributed by atoms with Crippen molar-refractivity contribution in [1.82, 2.24) is 15.0 Å². The number of amides is 1. The van der Waals surface area contributed by atoms with Crippen LogP contribution in [0.25, 0.3) is 22.3 Å². The number of pyridine rings is 3. The van der Waals surface area contributed by atoms with Gasteiger partial charge in [0.15, 0.2) is 5.82 Å². The molecule has 0 fully saturated rings. The van der Waals surface area contributed by atoms with Crippen LogP contribution < -0.4 is 10.5 Å². The van der Waals surface area contributed by atoms with Gasteiger partial charge < -0.3 is 5.73 Å². The quantitative estimate of drug-likeness (QED) is 0.707. The number of primary amides is 1. The van der Waals surface area contributed by atoms with Gasteiger partial charge in [0.05, 0.1) is 11.4 Å². The number of aryl methyl sites for hydroxylation is 1. The molecule has 1 amide bonds. The SMILES string of the molecule is Cc1cccnc1-c1cc2cccnc2c(NS(=O)(=O)CC(N)=O)n1. The second-order valence-corrected chi connectivity index (χ2v) is 7.15. The molecule has 0 spiro atoms. The maximum Gasteiger partial charge on any atom is 0.243 e. The summed E-state index contributed by atoms with van der Waals surface area (Å²) in [7, 11) is -3.98. The van der Waals surface area contributed by atoms with Crippen molar-refractivity contribution >= 4 is 32.7 Å². The van der Waals surface area contributed by atoms with Crippen LogP contribution >= 0.6 is 0 Å². The summed E-state index contributed by atoms with van der Waals surface area (Å²) in [6.45, 7) is 1.88. The first-order valence-electron chi connectivity index (χ1n) is 7.32. The Bertz CT molecular complexity index is 1070. The Labute approximate surface area is 144 Å². The molecular formula is C16H15N5O3S. The fourth-order valence-corrected chi connectivity index (χ4v) is 3.29. The van der Waals surface area contributed by atoms with E-state index in [1.807, 2.05) is 13.0 Å². The number of hydrogen-bond donors (Lipinski definition) is 2. The molecule has 0 aliphatic heterocycles. The molecule has 8 nitrogen and oxygen atoms in total. The molecule has 0 saturated heterocycles. The molecule has 0 radical (unpaired) electrons. The van der Waals surface area contributed by atoms with Crippen LogP contribution in [0.5, 0.6) is 0 Å². The zero-order chi connectivity index (χ0) is 18.0. The van der Waals surface area contributed by atoms with Gasteiger partial charge in [0.2, 0.25) is 15.9 Å². The average molecular weight is 357 g/mol. The lowest BCUT2D eigenvalue weighted by Crippen LogP contribution is -2.28. The number of anilines is 1. The number of aromatic nitrogens is 3. The Kier molecular flexibility index (Phi) is 4.32. The van der Waals surface area contributed by atoms with Gasteiger partial charge in [-0.25, -0.2) is 13.4 Å². The number of hydrogen-bond acceptors (Lipinski definition) is 6. The standard InChI is InChI=1S/C16H15N5O3S/c1-10-4-2-6-18-14(10)12-8-11-5-3-7-19-15(11)16(20-12)21-25(23,24)9-13(17)22/h2-8H,9H2,1H3,(H2,17,22)(H,20,21). The molecule has 3 aromatic heterocycles. The molecule has 0 atom stereocenters. The highest BCUT2D eigenvalue weighted by Crippen LogP contribution is 2.27. The van der Waals surface area contributed by atoms with Crippen molar-refractivity contribution in [1.29, 1.82) is 0 Å². The van der Waals surface area contributed by atoms with E-state index in [0.717, 1.165) is 5.56 Å². The van der Waals surface area contributed by atoms with E-state index in [1.54, 1.807) is 30.5 Å². The van der Waals surface area contributed by atoms with E-state index < -0.39 is 21.7 Å². The molecule has 0 saturated carbocycles. The minimum Gasteiger partial charge on any atom is -0.369 e. The topological polar surface area (TPSA) is 128 Å². The molecule has 0 aliphatic rings. The highest BCUT2D eigenvalue weighted by atomic mass is 32.2. The second kappa shape index (κ2) is 6.44. The molecule has 128 valence electrons. The van der Waals surface area contributed by atoms with Crippen LogP contribution in [0.4, 0.5) is 5.82 Å². The number of nitrogens with zero attached hydrogens (tertiary/aromatic N) is 3. The summed E-state index contributed by atoms with van der Waals surface area (Å²) in [5.41, 5.74) is 7.37. The predicted octanol–water partition coefficient (Wildman–Crippen LogP) is 1.23. The number of nitrogens with one attached hydrogen (secondary N) is 1. The molecule has 3 aromatic rings. The molecule has 0 bridgehead atoms. The molecule has 3 N–H and O–H groups in total. The van der Waals surface area contributed by atoms with E-state index in [2.05, 4.69) is 19.7 Å². The third-order valence-electron chi connectivity index (χ3n) is 3.42. The van der Waals surface area contributed by atoms with E-state index in [-0.39, 0.29) is 5.82 Å². The van der Waals surface area contributed by atoms with E-state index in [9.17, 15) is 13.2 Å². The van der Waals surface area contributed by atoms with Gasteiger partial charge >= 0.3 is 0 Å². The van der Waals surface area contributed by atoms with E-state index in [0.29, 0.717) is 22.3 Å². The van der Waals surface area contributed by atoms with Crippen molar-refractivity contribution in [2.75, 3.05) is 10.5 Å². The Morgan fingerprint density at radius 1 is 1.20 bits per heavy atom. The van der Waals surface area contributed by atoms with Crippen molar-refractivity contribution < 1.29 is 13.2 Å². The van der Waals surface area contributed by atoms with Crippen LogP contribution in [-0.2, 0) is 14.8 Å². The van der Waals surface area contributed by atoms with Gasteiger partial charge in [-0.1, -0.05) is 12.1 Å². The number of fused-ring (bicyclic) bond motifs is 1. The molecule has 25 heavy (non-hydrogen) atoms. The van der Waals surface area contributed by atoms with Gasteiger partial charge in [0, 0.05) is 17.8 Å². The minimum atomic E-state index is -3.98. The summed E-state index contributed by atoms with van der Waals surface area (Å²) in [6.07, 6.45) is 3.16. The summed E-state index contributed by atoms with van der Waals surface area (Å²) in [5, 5.41) is 0.689. The smallest absolute Gasteiger partial charge is 0.243 e. The largest absolute Gasteiger partial charge is 0.369 e. The summed E-state index contributed by atoms with van der Waals surface area (Å²) in [6, 6.07) is 8.99. The Balaban J connectivity index is 2.17. The Hall–Kier alpha value is -3.07. The van der Waals surface area contributed by atoms with Gasteiger partial charge in [-0.3, -0.25) is 19.5 Å². The summed E-state index contributed by atoms with van der Waals surface area (Å²) in [4.78, 5) is 23.8. The molecule has 0 unspecified atom stereocenters. The maximum absolute atomic E-state index is 12.1. The van der Waals surface area contributed by atoms with E-state index in [1.165, 1.54) is 6.20 Å². The predicted molar refractivity (Wildman–Crippen MR) is 94.1 cm³/mol. The van der Waals surface area contributed by atoms with Crippen LogP contribution in [-0.4, -0.2) is 35.0 Å². The van der Waals surface area contributed by atoms with Crippen LogP contribution in [0.3, 0.4) is 0 Å². The number of carbonyl (C=O) groups excluding carboxylic acids is 1. The highest BCUT2D eigenvalue weighted by molar-refractivity contribution is 7.93. The normalized spacial score (nSPS) is 11.4. The van der Waals surface area contributed by atoms with E-state index >= 15 is 0 Å². The van der Waals surface area contributed by atoms with Crippen molar-refractivity contribution in [3.8, 4) is 11.4 Å². The molecule has 9 heteroatoms. The lowest BCUT2D eigenvalue weighted by Gasteiger charge is -2.11. The Morgan fingerprint density at radius 2 is 1.92 bits per heavy atom. The number of sulfonamides is 1. The van der Waals surface area contributed by atoms with Crippen LogP contribution in [0.1, 0.15) is 5.56 Å². The molecule has 0 aromatic carbocycles. The zero-order valence-electron chi connectivity index (χ0n) is 13.3. The first-order valence-corrected chi connectivity index (χ1v) is 8.97. The lowest BCUT2D eigenvalue weighted by molar-refractivity contribution is -0.115. The fourth-order valence-electron chi connectivity index (χ4n) is 2.40. The molecule has 0 aliphatic carbocycles. The Morgan fingerprint density at radius 3 is 2.64 bits per heavy atom. The van der Waals surface area contributed by atoms with Crippen LogP contribution in [0.2, 0.25) is 0 Å². The van der Waals surface area contributed by atoms with Crippen molar-refractivity contribution in [3.63, 3.8) is 0 Å². The van der Waals surface area contributed by atoms with Crippen molar-refractivity contribution in [3.05, 3.63) is 48.3 Å². The fraction of sp³-hybridized carbons (Fsp3) is 0.125. The summed E-state index contributed by atoms with van der Waals surface area (Å²) >= 11 is 0. The van der Waals surface area contributed by atoms with Gasteiger partial charge in [0.1, 0.15) is 11.3 Å². The number of carbonyl (C=O) groups is 1. The number of nitrogens with two attached hydrogens (primary N) is 1. The van der Waals surface area contributed by atoms with Gasteiger partial charge in [-0.2, -0.15) is 0 Å². The maximum atomic E-state index is 12.1. The molecule has 3 heterocycles. The third kappa shape index (κ3) is 3.72. The lowest BCUT2D eigenvalue weighted by atomic mass is 10.1.